The first-order valence-corrected chi connectivity index (χ1v) is 5.41. The summed E-state index contributed by atoms with van der Waals surface area (Å²) in [5.41, 5.74) is -1.89. The number of esters is 1. The number of hydrogen-bond donors (Lipinski definition) is 2. The second kappa shape index (κ2) is 4.09. The third kappa shape index (κ3) is 2.23. The van der Waals surface area contributed by atoms with Crippen LogP contribution in [0.25, 0.3) is 0 Å². The molecule has 0 bridgehead atoms. The number of cyclic esters (lactones) is 1. The summed E-state index contributed by atoms with van der Waals surface area (Å²) in [5.74, 6) is -3.37. The molecule has 0 aromatic rings. The molecular formula is C8H10O6S. The number of aliphatic carboxylic acids is 2. The molecule has 1 aliphatic heterocycles. The van der Waals surface area contributed by atoms with E-state index in [1.807, 2.05) is 0 Å². The van der Waals surface area contributed by atoms with Gasteiger partial charge in [0.25, 0.3) is 0 Å². The van der Waals surface area contributed by atoms with Crippen LogP contribution in [0.3, 0.4) is 0 Å². The Morgan fingerprint density at radius 1 is 1.60 bits per heavy atom. The van der Waals surface area contributed by atoms with Crippen molar-refractivity contribution in [2.75, 3.05) is 6.26 Å². The van der Waals surface area contributed by atoms with Crippen LogP contribution in [-0.4, -0.2) is 45.2 Å². The van der Waals surface area contributed by atoms with Gasteiger partial charge in [-0.15, -0.1) is 0 Å². The van der Waals surface area contributed by atoms with E-state index in [1.54, 1.807) is 6.26 Å². The number of rotatable bonds is 4. The highest BCUT2D eigenvalue weighted by molar-refractivity contribution is 7.99. The molecule has 0 saturated carbocycles. The quantitative estimate of drug-likeness (QED) is 0.658. The van der Waals surface area contributed by atoms with Crippen LogP contribution >= 0.6 is 11.8 Å². The van der Waals surface area contributed by atoms with Gasteiger partial charge >= 0.3 is 17.9 Å². The summed E-state index contributed by atoms with van der Waals surface area (Å²) in [6, 6.07) is 0. The van der Waals surface area contributed by atoms with Crippen molar-refractivity contribution in [1.82, 2.24) is 0 Å². The zero-order valence-corrected chi connectivity index (χ0v) is 8.74. The Hall–Kier alpha value is -1.24. The van der Waals surface area contributed by atoms with Crippen LogP contribution in [0.15, 0.2) is 0 Å². The van der Waals surface area contributed by atoms with Crippen molar-refractivity contribution in [1.29, 1.82) is 0 Å². The molecule has 0 aliphatic carbocycles. The standard InChI is InChI=1S/C8H10O6S/c1-15-4-2-8(7(12)13,3-5(9)10)14-6(4)11/h4H,2-3H2,1H3,(H,9,10)(H,12,13)/t4-,8-/m1/s1. The molecule has 7 heteroatoms. The van der Waals surface area contributed by atoms with E-state index in [4.69, 9.17) is 10.2 Å². The fraction of sp³-hybridized carbons (Fsp3) is 0.625. The van der Waals surface area contributed by atoms with Gasteiger partial charge in [0.05, 0.1) is 6.42 Å². The van der Waals surface area contributed by atoms with E-state index in [0.717, 1.165) is 11.8 Å². The van der Waals surface area contributed by atoms with Crippen molar-refractivity contribution in [3.05, 3.63) is 0 Å². The number of carboxylic acid groups (broad SMARTS) is 2. The number of ether oxygens (including phenoxy) is 1. The molecule has 0 unspecified atom stereocenters. The van der Waals surface area contributed by atoms with E-state index in [0.29, 0.717) is 0 Å². The van der Waals surface area contributed by atoms with E-state index in [9.17, 15) is 14.4 Å². The molecule has 2 N–H and O–H groups in total. The average Bonchev–Trinajstić information content (AvgIpc) is 2.42. The molecular weight excluding hydrogens is 224 g/mol. The molecule has 0 spiro atoms. The van der Waals surface area contributed by atoms with Crippen LogP contribution in [0.5, 0.6) is 0 Å². The van der Waals surface area contributed by atoms with E-state index in [-0.39, 0.29) is 6.42 Å². The first kappa shape index (κ1) is 11.8. The highest BCUT2D eigenvalue weighted by atomic mass is 32.2. The SMILES string of the molecule is CS[C@@H]1C[C@@](CC(=O)O)(C(=O)O)OC1=O. The second-order valence-electron chi connectivity index (χ2n) is 3.22. The lowest BCUT2D eigenvalue weighted by Crippen LogP contribution is -2.40. The minimum atomic E-state index is -1.89. The van der Waals surface area contributed by atoms with Crippen LogP contribution in [0.2, 0.25) is 0 Å². The smallest absolute Gasteiger partial charge is 0.348 e. The maximum Gasteiger partial charge on any atom is 0.348 e. The maximum atomic E-state index is 11.2. The summed E-state index contributed by atoms with van der Waals surface area (Å²) >= 11 is 1.16. The van der Waals surface area contributed by atoms with Crippen LogP contribution in [0.4, 0.5) is 0 Å². The summed E-state index contributed by atoms with van der Waals surface area (Å²) in [6.07, 6.45) is 0.838. The molecule has 1 heterocycles. The zero-order valence-electron chi connectivity index (χ0n) is 7.93. The van der Waals surface area contributed by atoms with Gasteiger partial charge in [-0.1, -0.05) is 0 Å². The number of carbonyl (C=O) groups is 3. The topological polar surface area (TPSA) is 101 Å². The van der Waals surface area contributed by atoms with Crippen LogP contribution in [-0.2, 0) is 19.1 Å². The second-order valence-corrected chi connectivity index (χ2v) is 4.26. The highest BCUT2D eigenvalue weighted by Gasteiger charge is 2.53. The van der Waals surface area contributed by atoms with Gasteiger partial charge in [-0.25, -0.2) is 4.79 Å². The largest absolute Gasteiger partial charge is 0.481 e. The summed E-state index contributed by atoms with van der Waals surface area (Å²) < 4.78 is 4.68. The predicted molar refractivity (Wildman–Crippen MR) is 50.6 cm³/mol. The van der Waals surface area contributed by atoms with Crippen molar-refractivity contribution in [3.63, 3.8) is 0 Å². The van der Waals surface area contributed by atoms with Gasteiger partial charge in [-0.3, -0.25) is 9.59 Å². The number of carbonyl (C=O) groups excluding carboxylic acids is 1. The highest BCUT2D eigenvalue weighted by Crippen LogP contribution is 2.35. The fourth-order valence-corrected chi connectivity index (χ4v) is 2.10. The van der Waals surface area contributed by atoms with Crippen molar-refractivity contribution in [3.8, 4) is 0 Å². The first-order chi connectivity index (χ1) is 6.91. The monoisotopic (exact) mass is 234 g/mol. The van der Waals surface area contributed by atoms with Crippen molar-refractivity contribution < 1.29 is 29.3 Å². The number of carboxylic acids is 2. The summed E-state index contributed by atoms with van der Waals surface area (Å²) in [6.45, 7) is 0. The lowest BCUT2D eigenvalue weighted by atomic mass is 9.96. The van der Waals surface area contributed by atoms with Gasteiger partial charge in [0.15, 0.2) is 0 Å². The normalized spacial score (nSPS) is 29.9. The molecule has 1 aliphatic rings. The van der Waals surface area contributed by atoms with Gasteiger partial charge in [0, 0.05) is 6.42 Å². The lowest BCUT2D eigenvalue weighted by molar-refractivity contribution is -0.173. The minimum Gasteiger partial charge on any atom is -0.481 e. The molecule has 6 nitrogen and oxygen atoms in total. The summed E-state index contributed by atoms with van der Waals surface area (Å²) in [4.78, 5) is 32.6. The molecule has 0 aromatic heterocycles. The molecule has 0 aromatic carbocycles. The van der Waals surface area contributed by atoms with Gasteiger partial charge in [0.2, 0.25) is 5.60 Å². The van der Waals surface area contributed by atoms with Gasteiger partial charge in [-0.2, -0.15) is 11.8 Å². The van der Waals surface area contributed by atoms with Gasteiger partial charge in [-0.05, 0) is 6.26 Å². The summed E-state index contributed by atoms with van der Waals surface area (Å²) in [5, 5.41) is 16.9. The van der Waals surface area contributed by atoms with Crippen LogP contribution < -0.4 is 0 Å². The first-order valence-electron chi connectivity index (χ1n) is 4.12. The number of hydrogen-bond acceptors (Lipinski definition) is 5. The number of thioether (sulfide) groups is 1. The third-order valence-electron chi connectivity index (χ3n) is 2.19. The maximum absolute atomic E-state index is 11.2. The Bertz CT molecular complexity index is 314. The molecule has 1 fully saturated rings. The Kier molecular flexibility index (Phi) is 3.23. The Morgan fingerprint density at radius 3 is 2.53 bits per heavy atom. The average molecular weight is 234 g/mol. The van der Waals surface area contributed by atoms with E-state index >= 15 is 0 Å². The third-order valence-corrected chi connectivity index (χ3v) is 3.11. The van der Waals surface area contributed by atoms with Crippen LogP contribution in [0, 0.1) is 0 Å². The van der Waals surface area contributed by atoms with E-state index < -0.39 is 35.2 Å². The van der Waals surface area contributed by atoms with Crippen molar-refractivity contribution >= 4 is 29.7 Å². The van der Waals surface area contributed by atoms with Crippen molar-refractivity contribution in [2.45, 2.75) is 23.7 Å². The zero-order chi connectivity index (χ0) is 11.6. The van der Waals surface area contributed by atoms with E-state index in [2.05, 4.69) is 4.74 Å². The molecule has 1 saturated heterocycles. The molecule has 2 atom stereocenters. The van der Waals surface area contributed by atoms with Gasteiger partial charge in [0.1, 0.15) is 5.25 Å². The van der Waals surface area contributed by atoms with Gasteiger partial charge < -0.3 is 14.9 Å². The van der Waals surface area contributed by atoms with Crippen LogP contribution in [0.1, 0.15) is 12.8 Å². The molecule has 0 radical (unpaired) electrons. The summed E-state index contributed by atoms with van der Waals surface area (Å²) in [7, 11) is 0. The molecule has 84 valence electrons. The predicted octanol–water partition coefficient (Wildman–Crippen LogP) is -0.0370. The molecule has 0 amide bonds. The Balaban J connectivity index is 2.91. The van der Waals surface area contributed by atoms with E-state index in [1.165, 1.54) is 0 Å². The minimum absolute atomic E-state index is 0.103. The van der Waals surface area contributed by atoms with Crippen molar-refractivity contribution in [2.24, 2.45) is 0 Å². The molecule has 15 heavy (non-hydrogen) atoms. The Morgan fingerprint density at radius 2 is 2.20 bits per heavy atom. The fourth-order valence-electron chi connectivity index (χ4n) is 1.42. The molecule has 1 rings (SSSR count). The lowest BCUT2D eigenvalue weighted by Gasteiger charge is -2.19. The Labute approximate surface area is 89.6 Å².